The van der Waals surface area contributed by atoms with Gasteiger partial charge in [0.1, 0.15) is 4.99 Å². The van der Waals surface area contributed by atoms with Crippen molar-refractivity contribution in [3.05, 3.63) is 71.2 Å². The first-order valence-electron chi connectivity index (χ1n) is 6.49. The zero-order valence-electron chi connectivity index (χ0n) is 11.1. The maximum atomic E-state index is 6.18. The number of hydrogen-bond donors (Lipinski definition) is 2. The highest BCUT2D eigenvalue weighted by Gasteiger charge is 2.10. The molecule has 2 nitrogen and oxygen atoms in total. The van der Waals surface area contributed by atoms with E-state index in [1.54, 1.807) is 6.07 Å². The molecule has 0 aliphatic carbocycles. The fourth-order valence-electron chi connectivity index (χ4n) is 2.30. The molecular formula is C17H13ClN2S. The van der Waals surface area contributed by atoms with Crippen LogP contribution in [0.4, 0.5) is 11.4 Å². The van der Waals surface area contributed by atoms with E-state index < -0.39 is 0 Å². The number of nitrogens with one attached hydrogen (secondary N) is 1. The summed E-state index contributed by atoms with van der Waals surface area (Å²) in [5.41, 5.74) is 8.21. The molecule has 0 aliphatic heterocycles. The summed E-state index contributed by atoms with van der Waals surface area (Å²) in [5.74, 6) is 0. The molecule has 3 rings (SSSR count). The van der Waals surface area contributed by atoms with E-state index in [4.69, 9.17) is 29.6 Å². The minimum Gasteiger partial charge on any atom is -0.389 e. The zero-order valence-corrected chi connectivity index (χ0v) is 12.7. The van der Waals surface area contributed by atoms with Crippen molar-refractivity contribution in [1.29, 1.82) is 0 Å². The van der Waals surface area contributed by atoms with Crippen molar-refractivity contribution >= 4 is 51.0 Å². The predicted molar refractivity (Wildman–Crippen MR) is 94.6 cm³/mol. The summed E-state index contributed by atoms with van der Waals surface area (Å²) in [6.45, 7) is 0. The Morgan fingerprint density at radius 1 is 0.952 bits per heavy atom. The molecule has 3 N–H and O–H groups in total. The van der Waals surface area contributed by atoms with E-state index in [9.17, 15) is 0 Å². The molecule has 0 atom stereocenters. The molecule has 4 heteroatoms. The third-order valence-corrected chi connectivity index (χ3v) is 3.81. The summed E-state index contributed by atoms with van der Waals surface area (Å²) >= 11 is 11.3. The molecule has 0 saturated heterocycles. The monoisotopic (exact) mass is 312 g/mol. The van der Waals surface area contributed by atoms with Crippen molar-refractivity contribution in [3.8, 4) is 0 Å². The minimum absolute atomic E-state index is 0.281. The van der Waals surface area contributed by atoms with Crippen molar-refractivity contribution in [2.75, 3.05) is 5.32 Å². The SMILES string of the molecule is NC(=S)c1c(Cl)cccc1Nc1ccc2ccccc2c1. The van der Waals surface area contributed by atoms with Crippen LogP contribution >= 0.6 is 23.8 Å². The predicted octanol–water partition coefficient (Wildman–Crippen LogP) is 4.87. The van der Waals surface area contributed by atoms with Gasteiger partial charge in [-0.1, -0.05) is 60.2 Å². The van der Waals surface area contributed by atoms with Gasteiger partial charge in [-0.05, 0) is 35.0 Å². The van der Waals surface area contributed by atoms with Gasteiger partial charge in [0.25, 0.3) is 0 Å². The topological polar surface area (TPSA) is 38.0 Å². The molecule has 0 radical (unpaired) electrons. The van der Waals surface area contributed by atoms with E-state index in [1.165, 1.54) is 10.8 Å². The molecule has 0 aliphatic rings. The van der Waals surface area contributed by atoms with Crippen LogP contribution in [0, 0.1) is 0 Å². The molecule has 21 heavy (non-hydrogen) atoms. The standard InChI is InChI=1S/C17H13ClN2S/c18-14-6-3-7-15(16(14)17(19)21)20-13-9-8-11-4-1-2-5-12(11)10-13/h1-10,20H,(H2,19,21). The van der Waals surface area contributed by atoms with E-state index in [-0.39, 0.29) is 4.99 Å². The van der Waals surface area contributed by atoms with Crippen LogP contribution < -0.4 is 11.1 Å². The molecule has 0 fully saturated rings. The fraction of sp³-hybridized carbons (Fsp3) is 0. The molecule has 0 bridgehead atoms. The van der Waals surface area contributed by atoms with Crippen LogP contribution in [0.2, 0.25) is 5.02 Å². The number of anilines is 2. The normalized spacial score (nSPS) is 10.5. The number of rotatable bonds is 3. The average Bonchev–Trinajstić information content (AvgIpc) is 2.47. The smallest absolute Gasteiger partial charge is 0.107 e. The molecule has 0 unspecified atom stereocenters. The summed E-state index contributed by atoms with van der Waals surface area (Å²) in [4.78, 5) is 0.281. The van der Waals surface area contributed by atoms with Gasteiger partial charge in [-0.2, -0.15) is 0 Å². The quantitative estimate of drug-likeness (QED) is 0.677. The molecule has 104 valence electrons. The summed E-state index contributed by atoms with van der Waals surface area (Å²) in [5, 5.41) is 6.25. The van der Waals surface area contributed by atoms with E-state index in [0.717, 1.165) is 11.4 Å². The van der Waals surface area contributed by atoms with Gasteiger partial charge in [-0.3, -0.25) is 0 Å². The summed E-state index contributed by atoms with van der Waals surface area (Å²) < 4.78 is 0. The Hall–Kier alpha value is -2.10. The largest absolute Gasteiger partial charge is 0.389 e. The zero-order chi connectivity index (χ0) is 14.8. The van der Waals surface area contributed by atoms with Gasteiger partial charge in [-0.15, -0.1) is 0 Å². The lowest BCUT2D eigenvalue weighted by molar-refractivity contribution is 1.53. The van der Waals surface area contributed by atoms with Crippen molar-refractivity contribution < 1.29 is 0 Å². The molecule has 3 aromatic carbocycles. The van der Waals surface area contributed by atoms with Crippen molar-refractivity contribution in [2.45, 2.75) is 0 Å². The van der Waals surface area contributed by atoms with Gasteiger partial charge < -0.3 is 11.1 Å². The first-order chi connectivity index (χ1) is 10.1. The van der Waals surface area contributed by atoms with Gasteiger partial charge in [0.2, 0.25) is 0 Å². The molecular weight excluding hydrogens is 300 g/mol. The van der Waals surface area contributed by atoms with Gasteiger partial charge in [0, 0.05) is 5.69 Å². The van der Waals surface area contributed by atoms with Crippen molar-refractivity contribution in [1.82, 2.24) is 0 Å². The highest BCUT2D eigenvalue weighted by Crippen LogP contribution is 2.28. The van der Waals surface area contributed by atoms with E-state index in [2.05, 4.69) is 29.6 Å². The molecule has 0 spiro atoms. The van der Waals surface area contributed by atoms with E-state index in [1.807, 2.05) is 30.3 Å². The maximum absolute atomic E-state index is 6.18. The number of fused-ring (bicyclic) bond motifs is 1. The Bertz CT molecular complexity index is 830. The van der Waals surface area contributed by atoms with Gasteiger partial charge in [0.05, 0.1) is 16.3 Å². The van der Waals surface area contributed by atoms with E-state index >= 15 is 0 Å². The second-order valence-corrected chi connectivity index (χ2v) is 5.56. The van der Waals surface area contributed by atoms with Crippen molar-refractivity contribution in [2.24, 2.45) is 5.73 Å². The second kappa shape index (κ2) is 5.72. The van der Waals surface area contributed by atoms with Crippen LogP contribution in [0.15, 0.2) is 60.7 Å². The highest BCUT2D eigenvalue weighted by molar-refractivity contribution is 7.80. The lowest BCUT2D eigenvalue weighted by Crippen LogP contribution is -2.12. The summed E-state index contributed by atoms with van der Waals surface area (Å²) in [7, 11) is 0. The molecule has 0 aromatic heterocycles. The van der Waals surface area contributed by atoms with Crippen LogP contribution in [-0.2, 0) is 0 Å². The number of benzene rings is 3. The minimum atomic E-state index is 0.281. The number of thiocarbonyl (C=S) groups is 1. The number of nitrogens with two attached hydrogens (primary N) is 1. The first kappa shape index (κ1) is 13.9. The molecule has 0 amide bonds. The van der Waals surface area contributed by atoms with Gasteiger partial charge in [0.15, 0.2) is 0 Å². The van der Waals surface area contributed by atoms with Crippen LogP contribution in [0.25, 0.3) is 10.8 Å². The lowest BCUT2D eigenvalue weighted by Gasteiger charge is -2.13. The second-order valence-electron chi connectivity index (χ2n) is 4.71. The highest BCUT2D eigenvalue weighted by atomic mass is 35.5. The molecule has 0 heterocycles. The Kier molecular flexibility index (Phi) is 3.78. The van der Waals surface area contributed by atoms with Crippen molar-refractivity contribution in [3.63, 3.8) is 0 Å². The Morgan fingerprint density at radius 3 is 2.48 bits per heavy atom. The number of hydrogen-bond acceptors (Lipinski definition) is 2. The summed E-state index contributed by atoms with van der Waals surface area (Å²) in [6, 6.07) is 19.9. The third kappa shape index (κ3) is 2.84. The van der Waals surface area contributed by atoms with Crippen LogP contribution in [0.3, 0.4) is 0 Å². The molecule has 3 aromatic rings. The lowest BCUT2D eigenvalue weighted by atomic mass is 10.1. The summed E-state index contributed by atoms with van der Waals surface area (Å²) in [6.07, 6.45) is 0. The van der Waals surface area contributed by atoms with E-state index in [0.29, 0.717) is 10.6 Å². The van der Waals surface area contributed by atoms with Crippen LogP contribution in [-0.4, -0.2) is 4.99 Å². The first-order valence-corrected chi connectivity index (χ1v) is 7.28. The maximum Gasteiger partial charge on any atom is 0.107 e. The third-order valence-electron chi connectivity index (χ3n) is 3.29. The van der Waals surface area contributed by atoms with Gasteiger partial charge in [-0.25, -0.2) is 0 Å². The van der Waals surface area contributed by atoms with Crippen LogP contribution in [0.1, 0.15) is 5.56 Å². The van der Waals surface area contributed by atoms with Gasteiger partial charge >= 0.3 is 0 Å². The Labute approximate surface area is 133 Å². The van der Waals surface area contributed by atoms with Crippen LogP contribution in [0.5, 0.6) is 0 Å². The molecule has 0 saturated carbocycles. The Balaban J connectivity index is 2.02. The average molecular weight is 313 g/mol. The number of halogens is 1. The fourth-order valence-corrected chi connectivity index (χ4v) is 2.85. The Morgan fingerprint density at radius 2 is 1.71 bits per heavy atom.